The van der Waals surface area contributed by atoms with Crippen molar-refractivity contribution in [1.29, 1.82) is 0 Å². The zero-order chi connectivity index (χ0) is 22.1. The van der Waals surface area contributed by atoms with Crippen molar-refractivity contribution in [3.05, 3.63) is 66.5 Å². The Hall–Kier alpha value is -3.61. The van der Waals surface area contributed by atoms with Crippen LogP contribution in [0, 0.1) is 5.92 Å². The number of fused-ring (bicyclic) bond motifs is 3. The smallest absolute Gasteiger partial charge is 0.225 e. The molecule has 1 N–H and O–H groups in total. The molecule has 1 aliphatic rings. The van der Waals surface area contributed by atoms with E-state index in [1.807, 2.05) is 38.5 Å². The summed E-state index contributed by atoms with van der Waals surface area (Å²) in [5.41, 5.74) is 5.01. The summed E-state index contributed by atoms with van der Waals surface area (Å²) in [6, 6.07) is 16.4. The van der Waals surface area contributed by atoms with Crippen LogP contribution in [0.3, 0.4) is 0 Å². The van der Waals surface area contributed by atoms with E-state index in [0.717, 1.165) is 53.1 Å². The summed E-state index contributed by atoms with van der Waals surface area (Å²) in [5.74, 6) is 0.954. The Labute approximate surface area is 187 Å². The lowest BCUT2D eigenvalue weighted by Crippen LogP contribution is -2.43. The summed E-state index contributed by atoms with van der Waals surface area (Å²) in [6.45, 7) is 2.10. The van der Waals surface area contributed by atoms with E-state index >= 15 is 0 Å². The van der Waals surface area contributed by atoms with Crippen molar-refractivity contribution in [2.75, 3.05) is 37.0 Å². The van der Waals surface area contributed by atoms with Gasteiger partial charge in [-0.25, -0.2) is 9.97 Å². The van der Waals surface area contributed by atoms with Crippen molar-refractivity contribution < 1.29 is 4.79 Å². The second-order valence-corrected chi connectivity index (χ2v) is 8.61. The van der Waals surface area contributed by atoms with Crippen molar-refractivity contribution >= 4 is 34.1 Å². The minimum Gasteiger partial charge on any atom is -0.378 e. The number of rotatable bonds is 5. The Balaban J connectivity index is 1.31. The highest BCUT2D eigenvalue weighted by atomic mass is 16.1. The maximum Gasteiger partial charge on any atom is 0.225 e. The maximum absolute atomic E-state index is 13.0. The number of carbonyl (C=O) groups is 1. The Morgan fingerprint density at radius 1 is 1.12 bits per heavy atom. The highest BCUT2D eigenvalue weighted by Crippen LogP contribution is 2.28. The van der Waals surface area contributed by atoms with Crippen LogP contribution in [0.4, 0.5) is 11.5 Å². The molecule has 0 aliphatic carbocycles. The third-order valence-corrected chi connectivity index (χ3v) is 6.23. The van der Waals surface area contributed by atoms with Gasteiger partial charge in [0.2, 0.25) is 5.91 Å². The molecule has 1 saturated heterocycles. The average Bonchev–Trinajstić information content (AvgIpc) is 3.33. The van der Waals surface area contributed by atoms with Crippen LogP contribution in [-0.2, 0) is 11.3 Å². The lowest BCUT2D eigenvalue weighted by atomic mass is 9.97. The van der Waals surface area contributed by atoms with E-state index in [0.29, 0.717) is 13.1 Å². The van der Waals surface area contributed by atoms with Gasteiger partial charge in [0.05, 0.1) is 17.0 Å². The minimum absolute atomic E-state index is 0.0546. The maximum atomic E-state index is 13.0. The number of aromatic nitrogens is 3. The van der Waals surface area contributed by atoms with E-state index in [9.17, 15) is 4.79 Å². The summed E-state index contributed by atoms with van der Waals surface area (Å²) in [7, 11) is 4.04. The van der Waals surface area contributed by atoms with Crippen molar-refractivity contribution in [3.63, 3.8) is 0 Å². The van der Waals surface area contributed by atoms with Crippen LogP contribution in [-0.4, -0.2) is 47.5 Å². The summed E-state index contributed by atoms with van der Waals surface area (Å²) in [6.07, 6.45) is 5.67. The molecule has 4 heterocycles. The van der Waals surface area contributed by atoms with Gasteiger partial charge in [0, 0.05) is 51.8 Å². The molecule has 7 heteroatoms. The topological polar surface area (TPSA) is 65.8 Å². The van der Waals surface area contributed by atoms with Crippen LogP contribution in [0.15, 0.2) is 60.9 Å². The molecular formula is C25H28N6O. The normalized spacial score (nSPS) is 16.4. The molecule has 0 saturated carbocycles. The van der Waals surface area contributed by atoms with Gasteiger partial charge in [-0.1, -0.05) is 12.1 Å². The number of hydrogen-bond acceptors (Lipinski definition) is 5. The lowest BCUT2D eigenvalue weighted by molar-refractivity contribution is -0.125. The zero-order valence-corrected chi connectivity index (χ0v) is 18.5. The van der Waals surface area contributed by atoms with Crippen molar-refractivity contribution in [2.24, 2.45) is 5.92 Å². The van der Waals surface area contributed by atoms with E-state index < -0.39 is 0 Å². The predicted octanol–water partition coefficient (Wildman–Crippen LogP) is 3.48. The first kappa shape index (κ1) is 20.3. The Morgan fingerprint density at radius 3 is 2.75 bits per heavy atom. The molecule has 1 atom stereocenters. The number of piperidine rings is 1. The van der Waals surface area contributed by atoms with E-state index in [1.54, 1.807) is 6.20 Å². The third-order valence-electron chi connectivity index (χ3n) is 6.23. The first-order chi connectivity index (χ1) is 15.6. The summed E-state index contributed by atoms with van der Waals surface area (Å²) in [5, 5.41) is 3.13. The Kier molecular flexibility index (Phi) is 5.39. The number of carbonyl (C=O) groups excluding carboxylic acids is 1. The molecular weight excluding hydrogens is 400 g/mol. The average molecular weight is 429 g/mol. The van der Waals surface area contributed by atoms with E-state index in [4.69, 9.17) is 4.98 Å². The number of hydrogen-bond donors (Lipinski definition) is 1. The molecule has 0 radical (unpaired) electrons. The highest BCUT2D eigenvalue weighted by Gasteiger charge is 2.28. The first-order valence-electron chi connectivity index (χ1n) is 11.1. The van der Waals surface area contributed by atoms with Gasteiger partial charge in [-0.05, 0) is 54.8 Å². The number of amides is 1. The van der Waals surface area contributed by atoms with Gasteiger partial charge >= 0.3 is 0 Å². The number of anilines is 2. The Morgan fingerprint density at radius 2 is 1.94 bits per heavy atom. The van der Waals surface area contributed by atoms with Gasteiger partial charge in [0.15, 0.2) is 11.5 Å². The summed E-state index contributed by atoms with van der Waals surface area (Å²) in [4.78, 5) is 26.6. The van der Waals surface area contributed by atoms with E-state index in [1.165, 1.54) is 0 Å². The van der Waals surface area contributed by atoms with Gasteiger partial charge in [0.25, 0.3) is 0 Å². The summed E-state index contributed by atoms with van der Waals surface area (Å²) < 4.78 is 2.13. The second-order valence-electron chi connectivity index (χ2n) is 8.61. The molecule has 0 spiro atoms. The number of nitrogens with one attached hydrogen (secondary N) is 1. The predicted molar refractivity (Wildman–Crippen MR) is 128 cm³/mol. The van der Waals surface area contributed by atoms with Crippen LogP contribution in [0.25, 0.3) is 16.7 Å². The molecule has 3 aromatic heterocycles. The monoisotopic (exact) mass is 428 g/mol. The van der Waals surface area contributed by atoms with E-state index in [-0.39, 0.29) is 11.8 Å². The van der Waals surface area contributed by atoms with Crippen LogP contribution in [0.1, 0.15) is 18.4 Å². The molecule has 7 nitrogen and oxygen atoms in total. The molecule has 32 heavy (non-hydrogen) atoms. The molecule has 5 rings (SSSR count). The highest BCUT2D eigenvalue weighted by molar-refractivity contribution is 5.84. The fourth-order valence-electron chi connectivity index (χ4n) is 4.46. The van der Waals surface area contributed by atoms with Gasteiger partial charge < -0.3 is 19.5 Å². The molecule has 4 aromatic rings. The molecule has 1 amide bonds. The van der Waals surface area contributed by atoms with Crippen molar-refractivity contribution in [3.8, 4) is 0 Å². The molecule has 1 unspecified atom stereocenters. The molecule has 1 aromatic carbocycles. The molecule has 1 aliphatic heterocycles. The van der Waals surface area contributed by atoms with E-state index in [2.05, 4.69) is 54.8 Å². The molecule has 164 valence electrons. The van der Waals surface area contributed by atoms with Gasteiger partial charge in [-0.3, -0.25) is 4.79 Å². The van der Waals surface area contributed by atoms with Crippen LogP contribution in [0.2, 0.25) is 0 Å². The lowest BCUT2D eigenvalue weighted by Gasteiger charge is -2.33. The number of pyridine rings is 1. The number of benzene rings is 1. The van der Waals surface area contributed by atoms with Gasteiger partial charge in [-0.2, -0.15) is 0 Å². The third kappa shape index (κ3) is 3.86. The Bertz CT molecular complexity index is 1250. The molecule has 0 bridgehead atoms. The SMILES string of the molecule is CN(C)c1ccc(CNC(=O)C2CCCN(c3nc4ncccc4n4cccc34)C2)cc1. The standard InChI is InChI=1S/C25H28N6O/c1-29(2)20-11-9-18(10-12-20)16-27-25(32)19-6-4-14-30(17-19)24-22-8-5-15-31(22)21-7-3-13-26-23(21)28-24/h3,5,7-13,15,19H,4,6,14,16-17H2,1-2H3,(H,27,32). The van der Waals surface area contributed by atoms with Crippen LogP contribution >= 0.6 is 0 Å². The van der Waals surface area contributed by atoms with Crippen LogP contribution in [0.5, 0.6) is 0 Å². The quantitative estimate of drug-likeness (QED) is 0.527. The fraction of sp³-hybridized carbons (Fsp3) is 0.320. The number of nitrogens with zero attached hydrogens (tertiary/aromatic N) is 5. The molecule has 1 fully saturated rings. The van der Waals surface area contributed by atoms with Crippen LogP contribution < -0.4 is 15.1 Å². The van der Waals surface area contributed by atoms with Gasteiger partial charge in [-0.15, -0.1) is 0 Å². The summed E-state index contributed by atoms with van der Waals surface area (Å²) >= 11 is 0. The zero-order valence-electron chi connectivity index (χ0n) is 18.5. The first-order valence-corrected chi connectivity index (χ1v) is 11.1. The van der Waals surface area contributed by atoms with Crippen molar-refractivity contribution in [2.45, 2.75) is 19.4 Å². The van der Waals surface area contributed by atoms with Gasteiger partial charge in [0.1, 0.15) is 0 Å². The van der Waals surface area contributed by atoms with Crippen molar-refractivity contribution in [1.82, 2.24) is 19.7 Å². The second kappa shape index (κ2) is 8.49. The minimum atomic E-state index is -0.0546. The largest absolute Gasteiger partial charge is 0.378 e. The fourth-order valence-corrected chi connectivity index (χ4v) is 4.46.